The van der Waals surface area contributed by atoms with Crippen LogP contribution >= 0.6 is 21.6 Å². The molecule has 356 valence electrons. The minimum absolute atomic E-state index is 0.000898. The number of hydrogen-bond acceptors (Lipinski definition) is 15. The van der Waals surface area contributed by atoms with Crippen LogP contribution in [0.3, 0.4) is 0 Å². The van der Waals surface area contributed by atoms with Gasteiger partial charge >= 0.3 is 0 Å². The zero-order valence-corrected chi connectivity index (χ0v) is 40.1. The third kappa shape index (κ3) is 13.9. The highest BCUT2D eigenvalue weighted by Crippen LogP contribution is 2.42. The summed E-state index contributed by atoms with van der Waals surface area (Å²) in [5, 5.41) is 19.9. The quantitative estimate of drug-likeness (QED) is 0.0591. The minimum atomic E-state index is -1.40. The molecule has 4 bridgehead atoms. The van der Waals surface area contributed by atoms with Crippen LogP contribution in [0.4, 0.5) is 0 Å². The Morgan fingerprint density at radius 3 is 2.21 bits per heavy atom. The third-order valence-corrected chi connectivity index (χ3v) is 13.7. The first kappa shape index (κ1) is 51.7. The van der Waals surface area contributed by atoms with Crippen LogP contribution in [-0.2, 0) is 25.6 Å². The van der Waals surface area contributed by atoms with Gasteiger partial charge in [-0.05, 0) is 74.3 Å². The number of carbonyl (C=O) groups excluding carboxylic acids is 5. The van der Waals surface area contributed by atoms with Crippen molar-refractivity contribution in [3.63, 3.8) is 0 Å². The van der Waals surface area contributed by atoms with Gasteiger partial charge in [0.2, 0.25) is 23.6 Å². The second kappa shape index (κ2) is 24.0. The van der Waals surface area contributed by atoms with Crippen LogP contribution in [0.1, 0.15) is 67.3 Å². The zero-order chi connectivity index (χ0) is 48.8. The van der Waals surface area contributed by atoms with Gasteiger partial charge in [0.25, 0.3) is 5.91 Å². The van der Waals surface area contributed by atoms with Gasteiger partial charge in [-0.15, -0.1) is 0 Å². The SMILES string of the molecule is Cc1nc(-c2ccc(SSC(C)(C)C)cc2)ncc1C(=O)N[C@@H](CCN)C(=O)N(C)[C@@H]1C(=O)N[C@@H](C)C(=O)N[C@H](C(=O)NCC#N)Cc2ccc(OCCN)c(c2)-c2cc1ccc2OCCN. The van der Waals surface area contributed by atoms with Gasteiger partial charge in [-0.2, -0.15) is 5.26 Å². The number of amides is 5. The number of nitriles is 1. The number of aryl methyl sites for hydroxylation is 1. The number of benzene rings is 3. The highest BCUT2D eigenvalue weighted by Gasteiger charge is 2.36. The molecule has 0 aliphatic carbocycles. The predicted octanol–water partition coefficient (Wildman–Crippen LogP) is 3.17. The maximum atomic E-state index is 14.7. The Hall–Kier alpha value is -6.24. The maximum Gasteiger partial charge on any atom is 0.255 e. The summed E-state index contributed by atoms with van der Waals surface area (Å²) < 4.78 is 12.3. The average molecular weight is 954 g/mol. The first-order valence-electron chi connectivity index (χ1n) is 21.7. The van der Waals surface area contributed by atoms with Gasteiger partial charge in [0.05, 0.1) is 17.3 Å². The summed E-state index contributed by atoms with van der Waals surface area (Å²) in [5.41, 5.74) is 20.8. The number of nitrogens with two attached hydrogens (primary N) is 3. The van der Waals surface area contributed by atoms with Crippen molar-refractivity contribution < 1.29 is 33.4 Å². The van der Waals surface area contributed by atoms with E-state index in [0.29, 0.717) is 45.3 Å². The van der Waals surface area contributed by atoms with Crippen LogP contribution in [0.25, 0.3) is 22.5 Å². The lowest BCUT2D eigenvalue weighted by Gasteiger charge is -2.32. The Kier molecular flexibility index (Phi) is 18.5. The van der Waals surface area contributed by atoms with E-state index in [1.54, 1.807) is 64.9 Å². The number of hydrogen-bond donors (Lipinski definition) is 7. The van der Waals surface area contributed by atoms with E-state index < -0.39 is 53.7 Å². The number of rotatable bonds is 17. The van der Waals surface area contributed by atoms with E-state index >= 15 is 0 Å². The second-order valence-electron chi connectivity index (χ2n) is 16.7. The van der Waals surface area contributed by atoms with Crippen LogP contribution in [0.15, 0.2) is 71.8 Å². The smallest absolute Gasteiger partial charge is 0.255 e. The van der Waals surface area contributed by atoms with Gasteiger partial charge in [-0.1, -0.05) is 66.6 Å². The first-order valence-corrected chi connectivity index (χ1v) is 23.9. The monoisotopic (exact) mass is 953 g/mol. The van der Waals surface area contributed by atoms with Crippen molar-refractivity contribution in [2.45, 2.75) is 81.3 Å². The number of nitrogens with one attached hydrogen (secondary N) is 4. The van der Waals surface area contributed by atoms with Gasteiger partial charge in [-0.25, -0.2) is 9.97 Å². The van der Waals surface area contributed by atoms with Gasteiger partial charge in [0, 0.05) is 59.1 Å². The first-order chi connectivity index (χ1) is 32.0. The number of fused-ring (bicyclic) bond motifs is 5. The molecule has 18 nitrogen and oxygen atoms in total. The summed E-state index contributed by atoms with van der Waals surface area (Å²) in [7, 11) is 4.85. The molecule has 0 saturated carbocycles. The summed E-state index contributed by atoms with van der Waals surface area (Å²) in [5.74, 6) is -2.18. The molecule has 20 heteroatoms. The molecule has 0 saturated heterocycles. The van der Waals surface area contributed by atoms with Crippen molar-refractivity contribution in [3.8, 4) is 40.1 Å². The molecule has 1 aliphatic heterocycles. The predicted molar refractivity (Wildman–Crippen MR) is 259 cm³/mol. The molecule has 0 spiro atoms. The van der Waals surface area contributed by atoms with E-state index in [0.717, 1.165) is 10.5 Å². The number of carbonyl (C=O) groups is 5. The van der Waals surface area contributed by atoms with Gasteiger partial charge < -0.3 is 52.8 Å². The van der Waals surface area contributed by atoms with Gasteiger partial charge in [0.1, 0.15) is 55.4 Å². The maximum absolute atomic E-state index is 14.7. The fourth-order valence-electron chi connectivity index (χ4n) is 7.03. The van der Waals surface area contributed by atoms with Crippen LogP contribution in [-0.4, -0.2) is 114 Å². The van der Waals surface area contributed by atoms with E-state index in [1.807, 2.05) is 30.3 Å². The van der Waals surface area contributed by atoms with Crippen molar-refractivity contribution in [1.29, 1.82) is 5.26 Å². The van der Waals surface area contributed by atoms with Crippen LogP contribution in [0.2, 0.25) is 0 Å². The Balaban J connectivity index is 1.52. The minimum Gasteiger partial charge on any atom is -0.492 e. The fraction of sp³-hybridized carbons (Fsp3) is 0.404. The third-order valence-electron chi connectivity index (χ3n) is 10.3. The lowest BCUT2D eigenvalue weighted by Crippen LogP contribution is -2.56. The van der Waals surface area contributed by atoms with E-state index in [2.05, 4.69) is 52.0 Å². The molecule has 67 heavy (non-hydrogen) atoms. The van der Waals surface area contributed by atoms with Crippen LogP contribution in [0.5, 0.6) is 11.5 Å². The molecule has 0 fully saturated rings. The molecule has 0 unspecified atom stereocenters. The highest BCUT2D eigenvalue weighted by atomic mass is 33.1. The Morgan fingerprint density at radius 2 is 1.60 bits per heavy atom. The van der Waals surface area contributed by atoms with E-state index in [4.69, 9.17) is 31.9 Å². The molecule has 4 atom stereocenters. The van der Waals surface area contributed by atoms with Crippen molar-refractivity contribution >= 4 is 51.1 Å². The summed E-state index contributed by atoms with van der Waals surface area (Å²) in [6, 6.07) is 14.8. The zero-order valence-electron chi connectivity index (χ0n) is 38.5. The topological polar surface area (TPSA) is 283 Å². The molecule has 5 amide bonds. The summed E-state index contributed by atoms with van der Waals surface area (Å²) in [4.78, 5) is 81.6. The van der Waals surface area contributed by atoms with Crippen molar-refractivity contribution in [2.75, 3.05) is 46.4 Å². The van der Waals surface area contributed by atoms with E-state index in [1.165, 1.54) is 25.1 Å². The van der Waals surface area contributed by atoms with Crippen LogP contribution < -0.4 is 47.9 Å². The van der Waals surface area contributed by atoms with Gasteiger partial charge in [-0.3, -0.25) is 24.0 Å². The highest BCUT2D eigenvalue weighted by molar-refractivity contribution is 8.77. The average Bonchev–Trinajstić information content (AvgIpc) is 3.30. The van der Waals surface area contributed by atoms with Crippen LogP contribution in [0, 0.1) is 18.3 Å². The lowest BCUT2D eigenvalue weighted by atomic mass is 9.93. The molecule has 10 N–H and O–H groups in total. The van der Waals surface area contributed by atoms with Gasteiger partial charge in [0.15, 0.2) is 5.82 Å². The second-order valence-corrected chi connectivity index (χ2v) is 19.7. The number of likely N-dealkylation sites (N-methyl/N-ethyl adjacent to an activating group) is 1. The molecule has 0 radical (unpaired) electrons. The number of nitrogens with zero attached hydrogens (tertiary/aromatic N) is 4. The molecule has 5 rings (SSSR count). The summed E-state index contributed by atoms with van der Waals surface area (Å²) in [6.07, 6.45) is 1.41. The Bertz CT molecular complexity index is 2460. The fourth-order valence-corrected chi connectivity index (χ4v) is 8.99. The van der Waals surface area contributed by atoms with Crippen molar-refractivity contribution in [1.82, 2.24) is 36.1 Å². The molecule has 2 heterocycles. The Morgan fingerprint density at radius 1 is 0.940 bits per heavy atom. The van der Waals surface area contributed by atoms with Crippen molar-refractivity contribution in [2.24, 2.45) is 17.2 Å². The normalized spacial score (nSPS) is 16.6. The number of aromatic nitrogens is 2. The molecular weight excluding hydrogens is 895 g/mol. The van der Waals surface area contributed by atoms with E-state index in [9.17, 15) is 24.0 Å². The van der Waals surface area contributed by atoms with E-state index in [-0.39, 0.29) is 62.5 Å². The molecule has 1 aliphatic rings. The number of ether oxygens (including phenoxy) is 2. The lowest BCUT2D eigenvalue weighted by molar-refractivity contribution is -0.141. The summed E-state index contributed by atoms with van der Waals surface area (Å²) in [6.45, 7) is 9.92. The largest absolute Gasteiger partial charge is 0.492 e. The molecular formula is C47H59N11O7S2. The van der Waals surface area contributed by atoms with Crippen molar-refractivity contribution in [3.05, 3.63) is 89.2 Å². The standard InChI is InChI=1S/C47H59N11O7S2/c1-27-35(26-53-41(54-27)30-8-11-32(12-9-30)66-67-47(3,4)5)43(60)56-36(15-16-48)46(63)58(6)40-31-10-14-39(65-22-19-51)34(25-31)33-23-29(7-13-38(33)64-21-18-50)24-37(44(61)52-20-17-49)57-42(59)28(2)55-45(40)62/h7-14,23,25-26,28,36-37,40H,15-16,18-22,24,48,50-51H2,1-6H3,(H,52,61)(H,55,62)(H,56,60)(H,57,59)/t28-,36-,37-,40-/m0/s1. The summed E-state index contributed by atoms with van der Waals surface area (Å²) >= 11 is 0. The Labute approximate surface area is 398 Å². The molecule has 4 aromatic rings. The molecule has 3 aromatic carbocycles. The molecule has 1 aromatic heterocycles.